The first-order chi connectivity index (χ1) is 8.79. The molecule has 2 heterocycles. The third kappa shape index (κ3) is 3.79. The maximum atomic E-state index is 4.08. The van der Waals surface area contributed by atoms with Crippen LogP contribution in [0.15, 0.2) is 24.5 Å². The van der Waals surface area contributed by atoms with Crippen LogP contribution in [0, 0.1) is 0 Å². The average Bonchev–Trinajstić information content (AvgIpc) is 2.65. The second-order valence-corrected chi connectivity index (χ2v) is 5.23. The Bertz CT molecular complexity index is 339. The van der Waals surface area contributed by atoms with Crippen LogP contribution in [0.3, 0.4) is 0 Å². The Labute approximate surface area is 111 Å². The van der Waals surface area contributed by atoms with E-state index in [1.807, 2.05) is 12.4 Å². The highest BCUT2D eigenvalue weighted by atomic mass is 15.1. The molecule has 1 unspecified atom stereocenters. The Morgan fingerprint density at radius 3 is 2.83 bits per heavy atom. The maximum Gasteiger partial charge on any atom is 0.0295 e. The molecule has 3 heteroatoms. The summed E-state index contributed by atoms with van der Waals surface area (Å²) in [5.74, 6) is 0. The van der Waals surface area contributed by atoms with Crippen LogP contribution in [-0.2, 0) is 0 Å². The van der Waals surface area contributed by atoms with Crippen molar-refractivity contribution in [1.82, 2.24) is 15.2 Å². The molecule has 0 spiro atoms. The van der Waals surface area contributed by atoms with Crippen LogP contribution in [0.1, 0.15) is 44.7 Å². The fourth-order valence-corrected chi connectivity index (χ4v) is 2.74. The number of hydrogen-bond donors (Lipinski definition) is 1. The number of aromatic nitrogens is 1. The summed E-state index contributed by atoms with van der Waals surface area (Å²) in [6.45, 7) is 8.19. The zero-order valence-electron chi connectivity index (χ0n) is 11.6. The van der Waals surface area contributed by atoms with Crippen LogP contribution in [0.2, 0.25) is 0 Å². The van der Waals surface area contributed by atoms with Gasteiger partial charge in [-0.1, -0.05) is 6.92 Å². The maximum absolute atomic E-state index is 4.08. The molecule has 1 aromatic heterocycles. The average molecular weight is 247 g/mol. The topological polar surface area (TPSA) is 28.2 Å². The van der Waals surface area contributed by atoms with E-state index in [4.69, 9.17) is 0 Å². The Balaban J connectivity index is 1.86. The van der Waals surface area contributed by atoms with Crippen molar-refractivity contribution in [3.05, 3.63) is 30.1 Å². The van der Waals surface area contributed by atoms with Crippen molar-refractivity contribution in [1.29, 1.82) is 0 Å². The van der Waals surface area contributed by atoms with Gasteiger partial charge >= 0.3 is 0 Å². The Hall–Kier alpha value is -0.930. The zero-order valence-corrected chi connectivity index (χ0v) is 11.6. The Morgan fingerprint density at radius 1 is 1.33 bits per heavy atom. The molecule has 1 aliphatic rings. The zero-order chi connectivity index (χ0) is 12.8. The van der Waals surface area contributed by atoms with Crippen molar-refractivity contribution in [2.24, 2.45) is 0 Å². The number of hydrogen-bond acceptors (Lipinski definition) is 3. The molecule has 3 nitrogen and oxygen atoms in total. The van der Waals surface area contributed by atoms with E-state index in [1.165, 1.54) is 44.5 Å². The first-order valence-electron chi connectivity index (χ1n) is 7.18. The van der Waals surface area contributed by atoms with E-state index in [-0.39, 0.29) is 0 Å². The van der Waals surface area contributed by atoms with Crippen molar-refractivity contribution >= 4 is 0 Å². The van der Waals surface area contributed by atoms with Gasteiger partial charge in [-0.2, -0.15) is 0 Å². The largest absolute Gasteiger partial charge is 0.307 e. The van der Waals surface area contributed by atoms with Crippen LogP contribution in [0.25, 0.3) is 0 Å². The SMILES string of the molecule is CCN1CCCC(N[C@H](C)c2ccncc2)CC1. The number of nitrogens with zero attached hydrogens (tertiary/aromatic N) is 2. The molecule has 1 saturated heterocycles. The lowest BCUT2D eigenvalue weighted by Crippen LogP contribution is -2.32. The van der Waals surface area contributed by atoms with Gasteiger partial charge in [-0.05, 0) is 63.5 Å². The Kier molecular flexibility index (Phi) is 5.14. The molecule has 1 aromatic rings. The van der Waals surface area contributed by atoms with E-state index in [0.717, 1.165) is 0 Å². The molecule has 1 fully saturated rings. The highest BCUT2D eigenvalue weighted by Gasteiger charge is 2.17. The standard InChI is InChI=1S/C15H25N3/c1-3-18-11-4-5-15(8-12-18)17-13(2)14-6-9-16-10-7-14/h6-7,9-10,13,15,17H,3-5,8,11-12H2,1-2H3/t13-,15?/m1/s1. The minimum absolute atomic E-state index is 0.422. The van der Waals surface area contributed by atoms with Gasteiger partial charge in [0.05, 0.1) is 0 Å². The van der Waals surface area contributed by atoms with Gasteiger partial charge in [0.25, 0.3) is 0 Å². The fourth-order valence-electron chi connectivity index (χ4n) is 2.74. The molecule has 0 saturated carbocycles. The van der Waals surface area contributed by atoms with Gasteiger partial charge in [0.15, 0.2) is 0 Å². The van der Waals surface area contributed by atoms with E-state index >= 15 is 0 Å². The van der Waals surface area contributed by atoms with Crippen molar-refractivity contribution < 1.29 is 0 Å². The lowest BCUT2D eigenvalue weighted by atomic mass is 10.1. The molecule has 0 aromatic carbocycles. The van der Waals surface area contributed by atoms with Gasteiger partial charge in [-0.15, -0.1) is 0 Å². The predicted molar refractivity (Wildman–Crippen MR) is 75.5 cm³/mol. The van der Waals surface area contributed by atoms with Crippen LogP contribution >= 0.6 is 0 Å². The molecule has 1 aliphatic heterocycles. The van der Waals surface area contributed by atoms with Crippen molar-refractivity contribution in [2.75, 3.05) is 19.6 Å². The lowest BCUT2D eigenvalue weighted by Gasteiger charge is -2.22. The van der Waals surface area contributed by atoms with Gasteiger partial charge in [-0.3, -0.25) is 4.98 Å². The van der Waals surface area contributed by atoms with Gasteiger partial charge in [-0.25, -0.2) is 0 Å². The highest BCUT2D eigenvalue weighted by Crippen LogP contribution is 2.16. The predicted octanol–water partition coefficient (Wildman–Crippen LogP) is 2.61. The minimum atomic E-state index is 0.422. The summed E-state index contributed by atoms with van der Waals surface area (Å²) >= 11 is 0. The normalized spacial score (nSPS) is 23.6. The van der Waals surface area contributed by atoms with Crippen LogP contribution in [0.5, 0.6) is 0 Å². The van der Waals surface area contributed by atoms with E-state index < -0.39 is 0 Å². The van der Waals surface area contributed by atoms with Gasteiger partial charge in [0.2, 0.25) is 0 Å². The lowest BCUT2D eigenvalue weighted by molar-refractivity contribution is 0.295. The summed E-state index contributed by atoms with van der Waals surface area (Å²) in [5, 5.41) is 3.77. The number of pyridine rings is 1. The molecule has 0 bridgehead atoms. The minimum Gasteiger partial charge on any atom is -0.307 e. The van der Waals surface area contributed by atoms with Crippen LogP contribution < -0.4 is 5.32 Å². The van der Waals surface area contributed by atoms with Crippen molar-refractivity contribution in [3.63, 3.8) is 0 Å². The molecule has 100 valence electrons. The van der Waals surface area contributed by atoms with Crippen LogP contribution in [-0.4, -0.2) is 35.6 Å². The summed E-state index contributed by atoms with van der Waals surface area (Å²) < 4.78 is 0. The third-order valence-corrected chi connectivity index (χ3v) is 3.96. The van der Waals surface area contributed by atoms with E-state index in [9.17, 15) is 0 Å². The number of nitrogens with one attached hydrogen (secondary N) is 1. The number of rotatable bonds is 4. The molecule has 0 radical (unpaired) electrons. The molecule has 0 aliphatic carbocycles. The summed E-state index contributed by atoms with van der Waals surface area (Å²) in [5.41, 5.74) is 1.33. The molecule has 0 amide bonds. The molecule has 1 N–H and O–H groups in total. The monoisotopic (exact) mass is 247 g/mol. The Morgan fingerprint density at radius 2 is 2.11 bits per heavy atom. The molecule has 2 rings (SSSR count). The summed E-state index contributed by atoms with van der Waals surface area (Å²) in [6, 6.07) is 5.29. The smallest absolute Gasteiger partial charge is 0.0295 e. The molecule has 2 atom stereocenters. The summed E-state index contributed by atoms with van der Waals surface area (Å²) in [7, 11) is 0. The quantitative estimate of drug-likeness (QED) is 0.886. The summed E-state index contributed by atoms with van der Waals surface area (Å²) in [4.78, 5) is 6.63. The third-order valence-electron chi connectivity index (χ3n) is 3.96. The second-order valence-electron chi connectivity index (χ2n) is 5.23. The second kappa shape index (κ2) is 6.86. The van der Waals surface area contributed by atoms with Crippen LogP contribution in [0.4, 0.5) is 0 Å². The molecule has 18 heavy (non-hydrogen) atoms. The van der Waals surface area contributed by atoms with E-state index in [2.05, 4.69) is 41.2 Å². The molecular formula is C15H25N3. The van der Waals surface area contributed by atoms with Crippen molar-refractivity contribution in [3.8, 4) is 0 Å². The first-order valence-corrected chi connectivity index (χ1v) is 7.18. The van der Waals surface area contributed by atoms with Gasteiger partial charge in [0, 0.05) is 24.5 Å². The first kappa shape index (κ1) is 13.5. The highest BCUT2D eigenvalue weighted by molar-refractivity contribution is 5.14. The number of likely N-dealkylation sites (tertiary alicyclic amines) is 1. The van der Waals surface area contributed by atoms with Gasteiger partial charge < -0.3 is 10.2 Å². The summed E-state index contributed by atoms with van der Waals surface area (Å²) in [6.07, 6.45) is 7.63. The van der Waals surface area contributed by atoms with Gasteiger partial charge in [0.1, 0.15) is 0 Å². The van der Waals surface area contributed by atoms with E-state index in [0.29, 0.717) is 12.1 Å². The fraction of sp³-hybridized carbons (Fsp3) is 0.667. The van der Waals surface area contributed by atoms with Crippen molar-refractivity contribution in [2.45, 2.75) is 45.2 Å². The van der Waals surface area contributed by atoms with E-state index in [1.54, 1.807) is 0 Å². The molecular weight excluding hydrogens is 222 g/mol.